The quantitative estimate of drug-likeness (QED) is 0.807. The number of Topliss-reactive ketones (excluding diaryl/α,β-unsaturated/α-hetero) is 2. The van der Waals surface area contributed by atoms with Crippen LogP contribution >= 0.6 is 0 Å². The molecule has 0 saturated heterocycles. The van der Waals surface area contributed by atoms with E-state index in [1.807, 2.05) is 54.6 Å². The summed E-state index contributed by atoms with van der Waals surface area (Å²) in [5, 5.41) is 0. The molecule has 0 saturated carbocycles. The molecule has 0 fully saturated rings. The molecule has 1 aliphatic rings. The molecule has 2 aromatic rings. The Morgan fingerprint density at radius 3 is 2.30 bits per heavy atom. The average molecular weight is 306 g/mol. The van der Waals surface area contributed by atoms with Crippen LogP contribution in [-0.4, -0.2) is 18.2 Å². The minimum atomic E-state index is -1.19. The first-order valence-corrected chi connectivity index (χ1v) is 7.56. The van der Waals surface area contributed by atoms with Gasteiger partial charge in [-0.3, -0.25) is 9.59 Å². The highest BCUT2D eigenvalue weighted by atomic mass is 16.5. The highest BCUT2D eigenvalue weighted by Gasteiger charge is 2.40. The summed E-state index contributed by atoms with van der Waals surface area (Å²) in [6.07, 6.45) is 3.50. The normalized spacial score (nSPS) is 15.2. The molecule has 0 unspecified atom stereocenters. The lowest BCUT2D eigenvalue weighted by molar-refractivity contribution is -0.136. The molecule has 0 atom stereocenters. The van der Waals surface area contributed by atoms with E-state index in [-0.39, 0.29) is 18.2 Å². The van der Waals surface area contributed by atoms with Crippen LogP contribution in [0, 0.1) is 5.41 Å². The number of fused-ring (bicyclic) bond motifs is 1. The number of hydrogen-bond acceptors (Lipinski definition) is 3. The van der Waals surface area contributed by atoms with Gasteiger partial charge in [0.05, 0.1) is 0 Å². The Bertz CT molecular complexity index is 774. The number of carbonyl (C=O) groups is 2. The fourth-order valence-electron chi connectivity index (χ4n) is 2.78. The van der Waals surface area contributed by atoms with Gasteiger partial charge in [-0.05, 0) is 37.1 Å². The number of ether oxygens (including phenoxy) is 1. The van der Waals surface area contributed by atoms with E-state index in [4.69, 9.17) is 4.74 Å². The van der Waals surface area contributed by atoms with E-state index in [0.29, 0.717) is 5.75 Å². The summed E-state index contributed by atoms with van der Waals surface area (Å²) in [5.74, 6) is 0.292. The fourth-order valence-corrected chi connectivity index (χ4v) is 2.78. The molecular weight excluding hydrogens is 288 g/mol. The summed E-state index contributed by atoms with van der Waals surface area (Å²) in [4.78, 5) is 24.0. The van der Waals surface area contributed by atoms with Gasteiger partial charge in [0.2, 0.25) is 0 Å². The molecule has 0 radical (unpaired) electrons. The van der Waals surface area contributed by atoms with Crippen molar-refractivity contribution >= 4 is 17.6 Å². The Morgan fingerprint density at radius 2 is 1.65 bits per heavy atom. The van der Waals surface area contributed by atoms with E-state index in [1.165, 1.54) is 13.8 Å². The first-order chi connectivity index (χ1) is 11.0. The Hall–Kier alpha value is -2.68. The van der Waals surface area contributed by atoms with Crippen molar-refractivity contribution in [1.29, 1.82) is 0 Å². The molecule has 0 N–H and O–H groups in total. The molecule has 3 nitrogen and oxygen atoms in total. The number of benzene rings is 2. The van der Waals surface area contributed by atoms with Gasteiger partial charge in [0, 0.05) is 5.56 Å². The molecule has 0 aromatic heterocycles. The van der Waals surface area contributed by atoms with Gasteiger partial charge in [-0.25, -0.2) is 0 Å². The summed E-state index contributed by atoms with van der Waals surface area (Å²) in [6, 6.07) is 15.9. The topological polar surface area (TPSA) is 43.4 Å². The largest absolute Gasteiger partial charge is 0.491 e. The van der Waals surface area contributed by atoms with Crippen LogP contribution in [0.2, 0.25) is 0 Å². The zero-order valence-electron chi connectivity index (χ0n) is 13.2. The summed E-state index contributed by atoms with van der Waals surface area (Å²) in [5.41, 5.74) is 1.86. The molecule has 0 aliphatic carbocycles. The zero-order valence-corrected chi connectivity index (χ0v) is 13.2. The molecule has 3 rings (SSSR count). The number of carbonyl (C=O) groups excluding carboxylic acids is 2. The van der Waals surface area contributed by atoms with E-state index >= 15 is 0 Å². The van der Waals surface area contributed by atoms with Crippen LogP contribution in [0.25, 0.3) is 17.2 Å². The van der Waals surface area contributed by atoms with Crippen molar-refractivity contribution in [3.63, 3.8) is 0 Å². The second-order valence-corrected chi connectivity index (χ2v) is 5.82. The summed E-state index contributed by atoms with van der Waals surface area (Å²) < 4.78 is 5.77. The Kier molecular flexibility index (Phi) is 3.87. The molecule has 2 aromatic carbocycles. The van der Waals surface area contributed by atoms with Crippen molar-refractivity contribution in [3.05, 3.63) is 60.2 Å². The summed E-state index contributed by atoms with van der Waals surface area (Å²) in [7, 11) is 0. The monoisotopic (exact) mass is 306 g/mol. The number of rotatable bonds is 3. The van der Waals surface area contributed by atoms with Gasteiger partial charge in [-0.2, -0.15) is 0 Å². The second-order valence-electron chi connectivity index (χ2n) is 5.82. The fraction of sp³-hybridized carbons (Fsp3) is 0.200. The maximum atomic E-state index is 12.0. The van der Waals surface area contributed by atoms with E-state index in [9.17, 15) is 9.59 Å². The van der Waals surface area contributed by atoms with E-state index in [2.05, 4.69) is 0 Å². The number of hydrogen-bond donors (Lipinski definition) is 0. The van der Waals surface area contributed by atoms with Crippen molar-refractivity contribution < 1.29 is 14.3 Å². The van der Waals surface area contributed by atoms with Crippen molar-refractivity contribution in [2.24, 2.45) is 5.41 Å². The van der Waals surface area contributed by atoms with Gasteiger partial charge in [0.25, 0.3) is 0 Å². The molecule has 3 heteroatoms. The van der Waals surface area contributed by atoms with Gasteiger partial charge in [-0.1, -0.05) is 48.6 Å². The lowest BCUT2D eigenvalue weighted by Gasteiger charge is -2.23. The van der Waals surface area contributed by atoms with Crippen molar-refractivity contribution in [1.82, 2.24) is 0 Å². The molecule has 23 heavy (non-hydrogen) atoms. The maximum absolute atomic E-state index is 12.0. The van der Waals surface area contributed by atoms with Crippen LogP contribution in [-0.2, 0) is 9.59 Å². The minimum Gasteiger partial charge on any atom is -0.491 e. The number of ketones is 2. The van der Waals surface area contributed by atoms with Crippen LogP contribution in [0.4, 0.5) is 0 Å². The van der Waals surface area contributed by atoms with Crippen molar-refractivity contribution in [2.75, 3.05) is 6.61 Å². The first-order valence-electron chi connectivity index (χ1n) is 7.56. The third-order valence-electron chi connectivity index (χ3n) is 4.38. The average Bonchev–Trinajstić information content (AvgIpc) is 2.75. The highest BCUT2D eigenvalue weighted by Crippen LogP contribution is 2.34. The van der Waals surface area contributed by atoms with E-state index in [0.717, 1.165) is 16.7 Å². The third kappa shape index (κ3) is 2.70. The molecule has 1 aliphatic heterocycles. The lowest BCUT2D eigenvalue weighted by Crippen LogP contribution is -2.39. The lowest BCUT2D eigenvalue weighted by atomic mass is 9.80. The van der Waals surface area contributed by atoms with Crippen LogP contribution < -0.4 is 4.74 Å². The predicted molar refractivity (Wildman–Crippen MR) is 90.2 cm³/mol. The van der Waals surface area contributed by atoms with E-state index in [1.54, 1.807) is 6.08 Å². The van der Waals surface area contributed by atoms with E-state index < -0.39 is 5.41 Å². The molecule has 0 amide bonds. The third-order valence-corrected chi connectivity index (χ3v) is 4.38. The molecule has 1 heterocycles. The highest BCUT2D eigenvalue weighted by molar-refractivity contribution is 6.08. The molecular formula is C20H18O3. The van der Waals surface area contributed by atoms with Crippen LogP contribution in [0.1, 0.15) is 19.4 Å². The maximum Gasteiger partial charge on any atom is 0.150 e. The van der Waals surface area contributed by atoms with Crippen molar-refractivity contribution in [2.45, 2.75) is 13.8 Å². The predicted octanol–water partition coefficient (Wildman–Crippen LogP) is 3.92. The van der Waals surface area contributed by atoms with Gasteiger partial charge < -0.3 is 4.74 Å². The Labute approximate surface area is 135 Å². The van der Waals surface area contributed by atoms with Gasteiger partial charge >= 0.3 is 0 Å². The molecule has 116 valence electrons. The van der Waals surface area contributed by atoms with Crippen molar-refractivity contribution in [3.8, 4) is 16.9 Å². The standard InChI is InChI=1S/C20H18O3/c1-14(21)20(15(2)22)11-10-18-12-17(8-9-19(18)23-13-20)16-6-4-3-5-7-16/h3-12H,13H2,1-2H3. The molecule has 0 bridgehead atoms. The SMILES string of the molecule is CC(=O)C1(C(C)=O)C=Cc2cc(-c3ccccc3)ccc2OC1. The minimum absolute atomic E-state index is 0.0475. The Morgan fingerprint density at radius 1 is 0.957 bits per heavy atom. The molecule has 0 spiro atoms. The van der Waals surface area contributed by atoms with Crippen LogP contribution in [0.15, 0.2) is 54.6 Å². The van der Waals surface area contributed by atoms with Gasteiger partial charge in [0.15, 0.2) is 11.6 Å². The first kappa shape index (κ1) is 15.2. The second kappa shape index (κ2) is 5.84. The van der Waals surface area contributed by atoms with Gasteiger partial charge in [0.1, 0.15) is 17.8 Å². The summed E-state index contributed by atoms with van der Waals surface area (Å²) in [6.45, 7) is 2.91. The smallest absolute Gasteiger partial charge is 0.150 e. The van der Waals surface area contributed by atoms with Crippen LogP contribution in [0.5, 0.6) is 5.75 Å². The Balaban J connectivity index is 2.04. The van der Waals surface area contributed by atoms with Gasteiger partial charge in [-0.15, -0.1) is 0 Å². The summed E-state index contributed by atoms with van der Waals surface area (Å²) >= 11 is 0. The van der Waals surface area contributed by atoms with Crippen LogP contribution in [0.3, 0.4) is 0 Å². The zero-order chi connectivity index (χ0) is 16.4.